The number of nitrogens with two attached hydrogens (primary N) is 2. The number of hydrogen-bond acceptors (Lipinski definition) is 12. The number of nitrogens with one attached hydrogen (secondary N) is 2. The number of carbonyl (C=O) groups excluding carboxylic acids is 1. The molecule has 1 amide bonds. The van der Waals surface area contributed by atoms with Gasteiger partial charge in [0.15, 0.2) is 0 Å². The van der Waals surface area contributed by atoms with E-state index in [4.69, 9.17) is 20.9 Å². The van der Waals surface area contributed by atoms with Gasteiger partial charge in [-0.3, -0.25) is 19.3 Å². The van der Waals surface area contributed by atoms with Gasteiger partial charge in [-0.1, -0.05) is 18.2 Å². The van der Waals surface area contributed by atoms with Crippen LogP contribution < -0.4 is 31.7 Å². The molecule has 0 aromatic heterocycles. The van der Waals surface area contributed by atoms with Crippen LogP contribution in [0.1, 0.15) is 0 Å². The Morgan fingerprint density at radius 1 is 0.850 bits per heavy atom. The maximum Gasteiger partial charge on any atom is 0.297 e. The summed E-state index contributed by atoms with van der Waals surface area (Å²) >= 11 is 0. The monoisotopic (exact) mass is 593 g/mol. The molecule has 16 nitrogen and oxygen atoms in total. The fraction of sp³-hybridized carbons (Fsp3) is 0.0909. The summed E-state index contributed by atoms with van der Waals surface area (Å²) in [6, 6.07) is 12.1. The highest BCUT2D eigenvalue weighted by Gasteiger charge is 2.21. The van der Waals surface area contributed by atoms with Crippen LogP contribution in [0.25, 0.3) is 0 Å². The predicted molar refractivity (Wildman–Crippen MR) is 145 cm³/mol. The number of carbonyl (C=O) groups is 1. The van der Waals surface area contributed by atoms with Gasteiger partial charge in [0.2, 0.25) is 0 Å². The van der Waals surface area contributed by atoms with E-state index in [-0.39, 0.29) is 34.2 Å². The number of nitrogens with zero attached hydrogens (tertiary/aromatic N) is 3. The van der Waals surface area contributed by atoms with Crippen LogP contribution in [-0.2, 0) is 25.0 Å². The molecule has 8 N–H and O–H groups in total. The molecular weight excluding hydrogens is 570 g/mol. The van der Waals surface area contributed by atoms with Crippen molar-refractivity contribution < 1.29 is 40.2 Å². The molecule has 40 heavy (non-hydrogen) atoms. The van der Waals surface area contributed by atoms with E-state index in [9.17, 15) is 30.7 Å². The number of ether oxygens (including phenoxy) is 2. The van der Waals surface area contributed by atoms with Crippen molar-refractivity contribution in [1.29, 1.82) is 0 Å². The first-order valence-electron chi connectivity index (χ1n) is 10.8. The smallest absolute Gasteiger partial charge is 0.297 e. The first-order chi connectivity index (χ1) is 18.7. The van der Waals surface area contributed by atoms with Crippen LogP contribution in [0, 0.1) is 0 Å². The molecule has 0 spiro atoms. The van der Waals surface area contributed by atoms with Crippen molar-refractivity contribution in [3.05, 3.63) is 54.6 Å². The summed E-state index contributed by atoms with van der Waals surface area (Å²) in [6.45, 7) is 0. The number of hydrogen-bond donors (Lipinski definition) is 6. The molecule has 212 valence electrons. The molecule has 0 atom stereocenters. The minimum atomic E-state index is -4.75. The number of hydrazone groups is 1. The fourth-order valence-corrected chi connectivity index (χ4v) is 4.37. The largest absolute Gasteiger partial charge is 0.494 e. The van der Waals surface area contributed by atoms with Crippen LogP contribution in [0.2, 0.25) is 0 Å². The van der Waals surface area contributed by atoms with Gasteiger partial charge >= 0.3 is 0 Å². The maximum absolute atomic E-state index is 13.0. The van der Waals surface area contributed by atoms with Crippen LogP contribution >= 0.6 is 0 Å². The number of methoxy groups -OCH3 is 2. The van der Waals surface area contributed by atoms with Gasteiger partial charge in [0.25, 0.3) is 32.0 Å². The second-order valence-electron chi connectivity index (χ2n) is 7.67. The number of anilines is 4. The minimum Gasteiger partial charge on any atom is -0.494 e. The van der Waals surface area contributed by atoms with Gasteiger partial charge in [0.1, 0.15) is 27.0 Å². The summed E-state index contributed by atoms with van der Waals surface area (Å²) in [7, 11) is -7.00. The van der Waals surface area contributed by atoms with Crippen molar-refractivity contribution >= 4 is 60.4 Å². The Morgan fingerprint density at radius 2 is 1.40 bits per heavy atom. The van der Waals surface area contributed by atoms with E-state index in [0.29, 0.717) is 5.69 Å². The summed E-state index contributed by atoms with van der Waals surface area (Å²) in [5.41, 5.74) is 13.1. The van der Waals surface area contributed by atoms with Crippen molar-refractivity contribution in [3.63, 3.8) is 0 Å². The Balaban J connectivity index is 2.11. The number of rotatable bonds is 8. The molecule has 3 rings (SSSR count). The van der Waals surface area contributed by atoms with Gasteiger partial charge in [0, 0.05) is 17.8 Å². The molecule has 0 bridgehead atoms. The molecule has 0 aliphatic heterocycles. The molecule has 0 saturated heterocycles. The lowest BCUT2D eigenvalue weighted by Gasteiger charge is -2.12. The fourth-order valence-electron chi connectivity index (χ4n) is 3.13. The van der Waals surface area contributed by atoms with Crippen LogP contribution in [0.5, 0.6) is 11.5 Å². The lowest BCUT2D eigenvalue weighted by atomic mass is 10.2. The van der Waals surface area contributed by atoms with Crippen LogP contribution in [-0.4, -0.2) is 51.9 Å². The van der Waals surface area contributed by atoms with Crippen LogP contribution in [0.15, 0.2) is 79.7 Å². The topological polar surface area (TPSA) is 257 Å². The Kier molecular flexibility index (Phi) is 8.89. The molecule has 0 radical (unpaired) electrons. The van der Waals surface area contributed by atoms with E-state index in [1.807, 2.05) is 0 Å². The Hall–Kier alpha value is -4.78. The number of benzene rings is 3. The highest BCUT2D eigenvalue weighted by Crippen LogP contribution is 2.35. The zero-order valence-corrected chi connectivity index (χ0v) is 22.4. The van der Waals surface area contributed by atoms with E-state index in [1.54, 1.807) is 30.3 Å². The van der Waals surface area contributed by atoms with Crippen molar-refractivity contribution in [2.24, 2.45) is 15.3 Å². The Morgan fingerprint density at radius 3 is 1.95 bits per heavy atom. The molecule has 3 aromatic rings. The van der Waals surface area contributed by atoms with Crippen molar-refractivity contribution in [1.82, 2.24) is 0 Å². The molecule has 0 fully saturated rings. The van der Waals surface area contributed by atoms with E-state index < -0.39 is 41.8 Å². The first kappa shape index (κ1) is 29.8. The van der Waals surface area contributed by atoms with Gasteiger partial charge in [-0.05, 0) is 24.3 Å². The van der Waals surface area contributed by atoms with Gasteiger partial charge in [-0.15, -0.1) is 15.3 Å². The zero-order chi connectivity index (χ0) is 29.7. The van der Waals surface area contributed by atoms with E-state index >= 15 is 0 Å². The quantitative estimate of drug-likeness (QED) is 0.0550. The van der Waals surface area contributed by atoms with E-state index in [0.717, 1.165) is 24.3 Å². The lowest BCUT2D eigenvalue weighted by molar-refractivity contribution is -0.110. The first-order valence-corrected chi connectivity index (χ1v) is 13.6. The molecule has 0 saturated carbocycles. The van der Waals surface area contributed by atoms with Crippen LogP contribution in [0.4, 0.5) is 28.4 Å². The highest BCUT2D eigenvalue weighted by molar-refractivity contribution is 7.86. The molecule has 3 aromatic carbocycles. The van der Waals surface area contributed by atoms with Gasteiger partial charge in [-0.2, -0.15) is 16.8 Å². The van der Waals surface area contributed by atoms with Crippen LogP contribution in [0.3, 0.4) is 0 Å². The average molecular weight is 594 g/mol. The third-order valence-corrected chi connectivity index (χ3v) is 6.79. The Bertz CT molecular complexity index is 1710. The van der Waals surface area contributed by atoms with Crippen molar-refractivity contribution in [3.8, 4) is 11.5 Å². The molecule has 18 heteroatoms. The van der Waals surface area contributed by atoms with Gasteiger partial charge in [-0.25, -0.2) is 0 Å². The second-order valence-corrected chi connectivity index (χ2v) is 10.4. The number of nitrogen functional groups attached to an aromatic ring is 2. The third kappa shape index (κ3) is 7.20. The molecular formula is C22H23N7O9S2. The number of para-hydroxylation sites is 1. The maximum atomic E-state index is 13.0. The standard InChI is InChI=1S/C22H23N7O9S2/c1-37-17-8-13(23)19(39(31,32)33)10-15(17)26-28-21(22(30)25-12-6-4-3-5-7-12)29-27-16-11-20(40(34,35)36)14(24)9-18(16)38-2/h3-11,26H,23-24H2,1-2H3,(H,25,30)(H,31,32,33)(H,34,35,36)/b28-21+,29-27?. The summed E-state index contributed by atoms with van der Waals surface area (Å²) < 4.78 is 75.9. The number of azo groups is 1. The average Bonchev–Trinajstić information content (AvgIpc) is 2.88. The summed E-state index contributed by atoms with van der Waals surface area (Å²) in [6.07, 6.45) is 0. The Labute approximate surface area is 228 Å². The third-order valence-electron chi connectivity index (χ3n) is 4.97. The number of amidine groups is 1. The zero-order valence-electron chi connectivity index (χ0n) is 20.8. The SMILES string of the molecule is COc1cc(N)c(S(=O)(=O)O)cc1N=N/C(=N/Nc1cc(S(=O)(=O)O)c(N)cc1OC)C(=O)Nc1ccccc1. The second kappa shape index (κ2) is 11.9. The molecule has 0 unspecified atom stereocenters. The number of amides is 1. The highest BCUT2D eigenvalue weighted by atomic mass is 32.2. The minimum absolute atomic E-state index is 0.00796. The summed E-state index contributed by atoms with van der Waals surface area (Å²) in [5.74, 6) is -1.62. The van der Waals surface area contributed by atoms with Crippen molar-refractivity contribution in [2.75, 3.05) is 36.4 Å². The summed E-state index contributed by atoms with van der Waals surface area (Å²) in [4.78, 5) is 11.7. The van der Waals surface area contributed by atoms with E-state index in [2.05, 4.69) is 26.1 Å². The van der Waals surface area contributed by atoms with E-state index in [1.165, 1.54) is 14.2 Å². The molecule has 0 aliphatic rings. The van der Waals surface area contributed by atoms with Crippen molar-refractivity contribution in [2.45, 2.75) is 9.79 Å². The lowest BCUT2D eigenvalue weighted by Crippen LogP contribution is -2.22. The van der Waals surface area contributed by atoms with Gasteiger partial charge in [0.05, 0.1) is 31.3 Å². The molecule has 0 aliphatic carbocycles. The molecule has 0 heterocycles. The predicted octanol–water partition coefficient (Wildman–Crippen LogP) is 2.51. The van der Waals surface area contributed by atoms with Gasteiger partial charge < -0.3 is 26.3 Å². The normalized spacial score (nSPS) is 12.2. The summed E-state index contributed by atoms with van der Waals surface area (Å²) in [5, 5.41) is 14.0.